The quantitative estimate of drug-likeness (QED) is 0.0756. The number of aliphatic hydroxyl groups is 7. The molecule has 18 nitrogen and oxygen atoms in total. The van der Waals surface area contributed by atoms with Gasteiger partial charge in [-0.1, -0.05) is 47.6 Å². The number of carbonyl (C=O) groups excluding carboxylic acids is 3. The van der Waals surface area contributed by atoms with Gasteiger partial charge in [-0.05, 0) is 129 Å². The van der Waals surface area contributed by atoms with Crippen molar-refractivity contribution in [3.05, 3.63) is 23.6 Å². The van der Waals surface area contributed by atoms with Crippen molar-refractivity contribution in [2.45, 2.75) is 255 Å². The molecule has 1 amide bonds. The summed E-state index contributed by atoms with van der Waals surface area (Å²) in [6, 6.07) is -0.804. The van der Waals surface area contributed by atoms with E-state index in [2.05, 4.69) is 5.32 Å². The van der Waals surface area contributed by atoms with Crippen molar-refractivity contribution >= 4 is 29.3 Å². The smallest absolute Gasteiger partial charge is 0.311 e. The molecule has 2 unspecified atom stereocenters. The van der Waals surface area contributed by atoms with E-state index in [0.29, 0.717) is 25.7 Å². The number of methoxy groups -OCH3 is 1. The Morgan fingerprint density at radius 1 is 0.911 bits per heavy atom. The van der Waals surface area contributed by atoms with E-state index < -0.39 is 153 Å². The molecule has 0 spiro atoms. The maximum absolute atomic E-state index is 16.2. The highest BCUT2D eigenvalue weighted by Gasteiger charge is 2.75. The Labute approximate surface area is 472 Å². The number of fused-ring (bicyclic) bond motifs is 5. The lowest BCUT2D eigenvalue weighted by molar-refractivity contribution is -0.314. The average Bonchev–Trinajstić information content (AvgIpc) is 3.87. The molecular weight excluding hydrogens is 1050 g/mol. The standard InChI is InChI=1S/C59H96ClFN2O16/c1-15-44-57(13,72)47(67)35(7)63(22-16-21-62-52(70)59(73)31(3)23-38-39-25-41(61)40-24-37(64)19-20-53(40,9)58(39,60)43(66)27-54(38,59)10)29-30(2)26-55(11,71)49(79-51-42(65)18-17-32(4)75-51)33(5)46(34(6)50(69)77-44)78-45-28-56(12,74-14)48(68)36(8)76-45/h19-20,30-36,38-39,42-49,51,65-68,71-73H,15-18,21-29H2,1-14H3,(H,62,70)/t30-,31-,32-,33+,34-,35-,36+,38?,39?,42-,43+,44-,45+,46+,47-,48+,49-,51+,53+,54+,55-,56-,57-,58+,59+/m1/s1. The van der Waals surface area contributed by atoms with E-state index in [1.807, 2.05) is 18.7 Å². The van der Waals surface area contributed by atoms with Crippen LogP contribution in [0.4, 0.5) is 4.39 Å². The van der Waals surface area contributed by atoms with E-state index in [1.54, 1.807) is 75.3 Å². The lowest BCUT2D eigenvalue weighted by atomic mass is 9.46. The number of alkyl halides is 1. The number of aliphatic hydroxyl groups excluding tert-OH is 4. The number of esters is 1. The molecule has 7 rings (SSSR count). The fraction of sp³-hybridized carbons (Fsp3) is 0.881. The molecule has 4 aliphatic carbocycles. The van der Waals surface area contributed by atoms with Crippen molar-refractivity contribution in [2.24, 2.45) is 46.3 Å². The predicted molar refractivity (Wildman–Crippen MR) is 291 cm³/mol. The third-order valence-electron chi connectivity index (χ3n) is 20.8. The van der Waals surface area contributed by atoms with Gasteiger partial charge in [0.2, 0.25) is 0 Å². The number of nitrogens with one attached hydrogen (secondary N) is 1. The average molecular weight is 1140 g/mol. The summed E-state index contributed by atoms with van der Waals surface area (Å²) in [5, 5.41) is 87.7. The summed E-state index contributed by atoms with van der Waals surface area (Å²) in [7, 11) is 1.48. The minimum Gasteiger partial charge on any atom is -0.459 e. The van der Waals surface area contributed by atoms with Crippen molar-refractivity contribution in [1.82, 2.24) is 10.2 Å². The molecule has 0 radical (unpaired) electrons. The third-order valence-corrected chi connectivity index (χ3v) is 21.7. The second-order valence-electron chi connectivity index (χ2n) is 26.5. The number of nitrogens with zero attached hydrogens (tertiary/aromatic N) is 1. The molecule has 0 aromatic carbocycles. The van der Waals surface area contributed by atoms with Crippen LogP contribution < -0.4 is 5.32 Å². The summed E-state index contributed by atoms with van der Waals surface area (Å²) in [6.45, 7) is 23.0. The molecule has 3 aliphatic heterocycles. The van der Waals surface area contributed by atoms with Crippen LogP contribution in [-0.4, -0.2) is 186 Å². The Morgan fingerprint density at radius 2 is 1.58 bits per heavy atom. The van der Waals surface area contributed by atoms with Gasteiger partial charge in [-0.25, -0.2) is 4.39 Å². The van der Waals surface area contributed by atoms with Gasteiger partial charge in [0.25, 0.3) is 5.91 Å². The first kappa shape index (κ1) is 64.4. The number of carbonyl (C=O) groups is 3. The van der Waals surface area contributed by atoms with Gasteiger partial charge in [-0.15, -0.1) is 11.6 Å². The molecule has 3 saturated heterocycles. The Hall–Kier alpha value is -2.21. The molecule has 79 heavy (non-hydrogen) atoms. The highest BCUT2D eigenvalue weighted by Crippen LogP contribution is 2.71. The summed E-state index contributed by atoms with van der Waals surface area (Å²) in [5.41, 5.74) is -8.92. The molecule has 25 atom stereocenters. The SMILES string of the molecule is CC[C@H]1OC(=O)[C@H](C)[C@@H](O[C@H]2C[C@@](C)(OC)[C@@H](O)[C@H](C)O2)[C@H](C)[C@@H](O[C@@H]2O[C@H](C)CC[C@H]2O)[C@](C)(O)C[C@@H](C)CN(CCCNC(=O)[C@@]2(O)[C@H](C)CC3C4CC(F)=C5CC(=O)C=C[C@]5(C)[C@@]4(Cl)[C@@H](O)C[C@@]32C)[C@H](C)[C@@H](O)[C@]1(C)O. The van der Waals surface area contributed by atoms with Crippen molar-refractivity contribution in [2.75, 3.05) is 26.7 Å². The van der Waals surface area contributed by atoms with Crippen LogP contribution in [-0.2, 0) is 42.8 Å². The van der Waals surface area contributed by atoms with Crippen molar-refractivity contribution < 1.29 is 82.9 Å². The van der Waals surface area contributed by atoms with E-state index in [-0.39, 0.29) is 81.5 Å². The first-order valence-electron chi connectivity index (χ1n) is 29.2. The summed E-state index contributed by atoms with van der Waals surface area (Å²) < 4.78 is 54.0. The zero-order chi connectivity index (χ0) is 58.9. The number of amides is 1. The summed E-state index contributed by atoms with van der Waals surface area (Å²) in [5.74, 6) is -6.18. The van der Waals surface area contributed by atoms with E-state index >= 15 is 4.39 Å². The molecule has 2 saturated carbocycles. The number of allylic oxidation sites excluding steroid dienone is 4. The first-order valence-corrected chi connectivity index (χ1v) is 29.5. The Bertz CT molecular complexity index is 2270. The third kappa shape index (κ3) is 11.5. The number of cyclic esters (lactones) is 1. The van der Waals surface area contributed by atoms with Gasteiger partial charge >= 0.3 is 5.97 Å². The van der Waals surface area contributed by atoms with Gasteiger partial charge < -0.3 is 69.5 Å². The minimum absolute atomic E-state index is 0.0468. The van der Waals surface area contributed by atoms with Crippen LogP contribution in [0.3, 0.4) is 0 Å². The summed E-state index contributed by atoms with van der Waals surface area (Å²) >= 11 is 7.57. The van der Waals surface area contributed by atoms with Crippen molar-refractivity contribution in [1.29, 1.82) is 0 Å². The monoisotopic (exact) mass is 1140 g/mol. The Balaban J connectivity index is 1.15. The number of ether oxygens (including phenoxy) is 6. The van der Waals surface area contributed by atoms with Crippen LogP contribution in [0.15, 0.2) is 23.6 Å². The molecule has 0 aromatic rings. The van der Waals surface area contributed by atoms with Crippen molar-refractivity contribution in [3.63, 3.8) is 0 Å². The summed E-state index contributed by atoms with van der Waals surface area (Å²) in [6.07, 6.45) is -6.95. The highest BCUT2D eigenvalue weighted by molar-refractivity contribution is 6.26. The molecule has 0 aromatic heterocycles. The lowest BCUT2D eigenvalue weighted by Gasteiger charge is -2.63. The minimum atomic E-state index is -2.01. The van der Waals surface area contributed by atoms with Gasteiger partial charge in [0, 0.05) is 68.8 Å². The second kappa shape index (κ2) is 23.7. The number of hydrogen-bond donors (Lipinski definition) is 8. The summed E-state index contributed by atoms with van der Waals surface area (Å²) in [4.78, 5) is 42.3. The lowest BCUT2D eigenvalue weighted by Crippen LogP contribution is -2.69. The fourth-order valence-corrected chi connectivity index (χ4v) is 16.4. The fourth-order valence-electron chi connectivity index (χ4n) is 15.9. The predicted octanol–water partition coefficient (Wildman–Crippen LogP) is 5.15. The molecule has 3 heterocycles. The number of ketones is 1. The second-order valence-corrected chi connectivity index (χ2v) is 27.1. The van der Waals surface area contributed by atoms with Crippen LogP contribution in [0.25, 0.3) is 0 Å². The topological polar surface area (TPSA) is 263 Å². The number of halogens is 2. The van der Waals surface area contributed by atoms with Crippen LogP contribution in [0.5, 0.6) is 0 Å². The van der Waals surface area contributed by atoms with E-state index in [9.17, 15) is 50.1 Å². The molecule has 5 fully saturated rings. The highest BCUT2D eigenvalue weighted by atomic mass is 35.5. The van der Waals surface area contributed by atoms with E-state index in [0.717, 1.165) is 0 Å². The molecule has 7 aliphatic rings. The molecule has 8 N–H and O–H groups in total. The molecule has 20 heteroatoms. The first-order chi connectivity index (χ1) is 36.6. The van der Waals surface area contributed by atoms with Gasteiger partial charge in [0.15, 0.2) is 24.0 Å². The van der Waals surface area contributed by atoms with Crippen LogP contribution in [0, 0.1) is 46.3 Å². The van der Waals surface area contributed by atoms with Gasteiger partial charge in [0.1, 0.15) is 35.8 Å². The van der Waals surface area contributed by atoms with Crippen LogP contribution in [0.1, 0.15) is 154 Å². The molecule has 0 bridgehead atoms. The van der Waals surface area contributed by atoms with Crippen molar-refractivity contribution in [3.8, 4) is 0 Å². The van der Waals surface area contributed by atoms with Crippen LogP contribution in [0.2, 0.25) is 0 Å². The normalized spacial score (nSPS) is 50.4. The Morgan fingerprint density at radius 3 is 2.23 bits per heavy atom. The maximum Gasteiger partial charge on any atom is 0.311 e. The van der Waals surface area contributed by atoms with Gasteiger partial charge in [-0.2, -0.15) is 0 Å². The van der Waals surface area contributed by atoms with E-state index in [1.165, 1.54) is 20.1 Å². The largest absolute Gasteiger partial charge is 0.459 e. The molecule has 452 valence electrons. The van der Waals surface area contributed by atoms with Crippen LogP contribution >= 0.6 is 11.6 Å². The van der Waals surface area contributed by atoms with Gasteiger partial charge in [-0.3, -0.25) is 19.3 Å². The van der Waals surface area contributed by atoms with Gasteiger partial charge in [0.05, 0.1) is 52.5 Å². The van der Waals surface area contributed by atoms with E-state index in [4.69, 9.17) is 40.0 Å². The Kier molecular flexibility index (Phi) is 19.3. The zero-order valence-electron chi connectivity index (χ0n) is 49.2. The number of rotatable bonds is 11. The maximum atomic E-state index is 16.2. The zero-order valence-corrected chi connectivity index (χ0v) is 50.0. The number of hydrogen-bond acceptors (Lipinski definition) is 17. The molecular formula is C59H96ClFN2O16.